The summed E-state index contributed by atoms with van der Waals surface area (Å²) in [6.45, 7) is 16.9. The summed E-state index contributed by atoms with van der Waals surface area (Å²) in [6.07, 6.45) is 6.10. The number of alkyl carbamates (subject to hydrolysis) is 1. The van der Waals surface area contributed by atoms with E-state index in [0.29, 0.717) is 81.0 Å². The second kappa shape index (κ2) is 36.5. The minimum atomic E-state index is -0.919. The number of nitrogens with two attached hydrogens (primary N) is 1. The van der Waals surface area contributed by atoms with Gasteiger partial charge in [0.25, 0.3) is 29.5 Å². The molecular formula is C50H76N6O19S. The van der Waals surface area contributed by atoms with Crippen molar-refractivity contribution in [2.75, 3.05) is 113 Å². The Morgan fingerprint density at radius 1 is 0.671 bits per heavy atom. The number of rotatable bonds is 26. The van der Waals surface area contributed by atoms with Crippen LogP contribution in [0.5, 0.6) is 11.5 Å². The van der Waals surface area contributed by atoms with Gasteiger partial charge < -0.3 is 59.0 Å². The van der Waals surface area contributed by atoms with E-state index in [9.17, 15) is 47.9 Å². The van der Waals surface area contributed by atoms with Crippen molar-refractivity contribution in [2.45, 2.75) is 84.2 Å². The quantitative estimate of drug-likeness (QED) is 0.0519. The zero-order valence-corrected chi connectivity index (χ0v) is 46.0. The zero-order chi connectivity index (χ0) is 57.3. The van der Waals surface area contributed by atoms with Gasteiger partial charge in [0.15, 0.2) is 0 Å². The van der Waals surface area contributed by atoms with E-state index in [1.165, 1.54) is 28.8 Å². The SMILES string of the molecule is CC(C)(C)OC(=O)CCCN.CC(C)(C)OC(=O)NCCN1C(=O)C=CC1=O.CCOC(=O)N1C(=O)C=CC1=O.COCCOCCOc1cc(OCCOCCOC)cc(C(=O)NCCN2C(=O)CC(SC)C2=O)c1. The predicted molar refractivity (Wildman–Crippen MR) is 276 cm³/mol. The molecule has 4 N–H and O–H groups in total. The molecule has 1 fully saturated rings. The Labute approximate surface area is 448 Å². The molecule has 3 aliphatic rings. The van der Waals surface area contributed by atoms with E-state index in [1.807, 2.05) is 20.8 Å². The third-order valence-corrected chi connectivity index (χ3v) is 10.2. The minimum absolute atomic E-state index is 0.123. The fourth-order valence-corrected chi connectivity index (χ4v) is 6.53. The van der Waals surface area contributed by atoms with E-state index in [4.69, 9.17) is 43.6 Å². The maximum atomic E-state index is 12.8. The molecule has 3 heterocycles. The smallest absolute Gasteiger partial charge is 0.424 e. The van der Waals surface area contributed by atoms with Gasteiger partial charge in [-0.05, 0) is 79.8 Å². The molecule has 25 nitrogen and oxygen atoms in total. The Kier molecular flexibility index (Phi) is 32.5. The molecule has 0 aliphatic carbocycles. The molecule has 9 amide bonds. The van der Waals surface area contributed by atoms with Crippen LogP contribution in [-0.2, 0) is 66.7 Å². The number of hydrogen-bond donors (Lipinski definition) is 3. The van der Waals surface area contributed by atoms with Gasteiger partial charge in [-0.2, -0.15) is 16.7 Å². The van der Waals surface area contributed by atoms with Crippen molar-refractivity contribution in [1.29, 1.82) is 0 Å². The van der Waals surface area contributed by atoms with Crippen molar-refractivity contribution in [3.8, 4) is 11.5 Å². The van der Waals surface area contributed by atoms with Gasteiger partial charge in [-0.15, -0.1) is 0 Å². The van der Waals surface area contributed by atoms with Gasteiger partial charge in [0, 0.05) is 89.2 Å². The highest BCUT2D eigenvalue weighted by molar-refractivity contribution is 8.00. The Balaban J connectivity index is 0.000000591. The first-order valence-corrected chi connectivity index (χ1v) is 25.5. The number of methoxy groups -OCH3 is 2. The van der Waals surface area contributed by atoms with E-state index in [0.717, 1.165) is 17.1 Å². The Morgan fingerprint density at radius 3 is 1.62 bits per heavy atom. The molecule has 1 aromatic carbocycles. The molecule has 26 heteroatoms. The summed E-state index contributed by atoms with van der Waals surface area (Å²) in [5.74, 6) is -2.12. The first kappa shape index (κ1) is 67.6. The number of imide groups is 5. The van der Waals surface area contributed by atoms with Gasteiger partial charge in [0.05, 0.1) is 51.5 Å². The first-order chi connectivity index (χ1) is 35.9. The van der Waals surface area contributed by atoms with Crippen LogP contribution in [0.3, 0.4) is 0 Å². The molecule has 1 unspecified atom stereocenters. The van der Waals surface area contributed by atoms with E-state index in [-0.39, 0.29) is 98.8 Å². The topological polar surface area (TPSA) is 314 Å². The predicted octanol–water partition coefficient (Wildman–Crippen LogP) is 2.56. The van der Waals surface area contributed by atoms with Crippen molar-refractivity contribution in [3.63, 3.8) is 0 Å². The molecule has 0 spiro atoms. The molecule has 0 saturated carbocycles. The van der Waals surface area contributed by atoms with E-state index in [2.05, 4.69) is 15.4 Å². The number of ether oxygens (including phenoxy) is 9. The van der Waals surface area contributed by atoms with Gasteiger partial charge in [0.1, 0.15) is 35.9 Å². The largest absolute Gasteiger partial charge is 0.491 e. The summed E-state index contributed by atoms with van der Waals surface area (Å²) in [5.41, 5.74) is 4.62. The molecule has 426 valence electrons. The van der Waals surface area contributed by atoms with Crippen LogP contribution in [-0.4, -0.2) is 203 Å². The summed E-state index contributed by atoms with van der Waals surface area (Å²) in [7, 11) is 3.20. The molecule has 1 aromatic rings. The van der Waals surface area contributed by atoms with E-state index in [1.54, 1.807) is 66.4 Å². The Bertz CT molecular complexity index is 2070. The lowest BCUT2D eigenvalue weighted by Gasteiger charge is -2.20. The summed E-state index contributed by atoms with van der Waals surface area (Å²) in [5, 5.41) is 4.88. The lowest BCUT2D eigenvalue weighted by Crippen LogP contribution is -2.40. The highest BCUT2D eigenvalue weighted by Gasteiger charge is 2.37. The van der Waals surface area contributed by atoms with Gasteiger partial charge >= 0.3 is 18.2 Å². The van der Waals surface area contributed by atoms with E-state index < -0.39 is 29.6 Å². The molecule has 0 radical (unpaired) electrons. The maximum Gasteiger partial charge on any atom is 0.424 e. The molecule has 1 saturated heterocycles. The van der Waals surface area contributed by atoms with Crippen molar-refractivity contribution in [1.82, 2.24) is 25.3 Å². The second-order valence-electron chi connectivity index (χ2n) is 17.8. The normalized spacial score (nSPS) is 14.8. The van der Waals surface area contributed by atoms with Crippen molar-refractivity contribution < 1.29 is 90.6 Å². The van der Waals surface area contributed by atoms with Crippen LogP contribution in [0.4, 0.5) is 9.59 Å². The minimum Gasteiger partial charge on any atom is -0.491 e. The third-order valence-electron chi connectivity index (χ3n) is 9.28. The van der Waals surface area contributed by atoms with Crippen LogP contribution in [0.25, 0.3) is 0 Å². The van der Waals surface area contributed by atoms with Gasteiger partial charge in [-0.1, -0.05) is 0 Å². The number of thioether (sulfide) groups is 1. The maximum absolute atomic E-state index is 12.8. The highest BCUT2D eigenvalue weighted by atomic mass is 32.2. The van der Waals surface area contributed by atoms with Gasteiger partial charge in [-0.3, -0.25) is 48.2 Å². The first-order valence-electron chi connectivity index (χ1n) is 24.3. The fourth-order valence-electron chi connectivity index (χ4n) is 5.89. The second-order valence-corrected chi connectivity index (χ2v) is 18.8. The molecule has 76 heavy (non-hydrogen) atoms. The van der Waals surface area contributed by atoms with Crippen LogP contribution in [0.2, 0.25) is 0 Å². The number of benzene rings is 1. The van der Waals surface area contributed by atoms with Crippen molar-refractivity contribution in [2.24, 2.45) is 5.73 Å². The summed E-state index contributed by atoms with van der Waals surface area (Å²) in [6, 6.07) is 4.88. The van der Waals surface area contributed by atoms with Crippen LogP contribution in [0.15, 0.2) is 42.5 Å². The highest BCUT2D eigenvalue weighted by Crippen LogP contribution is 2.24. The zero-order valence-electron chi connectivity index (χ0n) is 45.2. The Morgan fingerprint density at radius 2 is 1.16 bits per heavy atom. The fraction of sp³-hybridized carbons (Fsp3) is 0.600. The standard InChI is InChI=1S/C24H36N2O9S.C11H16N2O4.C8H17NO2.C7H7NO4/c1-30-6-8-32-10-12-34-19-14-18(15-20(16-19)35-13-11-33-9-7-31-2)23(28)25-4-5-26-22(27)17-21(36-3)24(26)29;1-11(2,3)17-10(16)12-6-7-13-8(14)4-5-9(13)15;1-8(2,3)11-7(10)5-4-6-9;1-2-12-7(11)8-5(9)3-4-6(8)10/h14-16,21H,4-13,17H2,1-3H3,(H,25,28);4-5H,6-7H2,1-3H3,(H,12,16);4-6,9H2,1-3H3;3-4H,2H2,1H3. The molecule has 0 aromatic heterocycles. The lowest BCUT2D eigenvalue weighted by molar-refractivity contribution is -0.155. The van der Waals surface area contributed by atoms with Crippen LogP contribution in [0, 0.1) is 0 Å². The number of likely N-dealkylation sites (tertiary alicyclic amines) is 1. The summed E-state index contributed by atoms with van der Waals surface area (Å²) in [4.78, 5) is 117. The van der Waals surface area contributed by atoms with Crippen LogP contribution < -0.4 is 25.8 Å². The monoisotopic (exact) mass is 1100 g/mol. The van der Waals surface area contributed by atoms with Crippen LogP contribution in [0.1, 0.15) is 78.1 Å². The molecule has 4 rings (SSSR count). The van der Waals surface area contributed by atoms with Crippen molar-refractivity contribution >= 4 is 71.3 Å². The number of hydrogen-bond acceptors (Lipinski definition) is 21. The number of esters is 1. The summed E-state index contributed by atoms with van der Waals surface area (Å²) >= 11 is 1.35. The number of carbonyl (C=O) groups excluding carboxylic acids is 10. The number of carbonyl (C=O) groups is 10. The van der Waals surface area contributed by atoms with Gasteiger partial charge in [-0.25, -0.2) is 9.59 Å². The average Bonchev–Trinajstić information content (AvgIpc) is 3.96. The van der Waals surface area contributed by atoms with Gasteiger partial charge in [0.2, 0.25) is 11.8 Å². The molecule has 1 atom stereocenters. The molecule has 3 aliphatic heterocycles. The number of nitrogens with zero attached hydrogens (tertiary/aromatic N) is 3. The van der Waals surface area contributed by atoms with E-state index >= 15 is 0 Å². The average molecular weight is 1100 g/mol. The Hall–Kier alpha value is -6.45. The summed E-state index contributed by atoms with van der Waals surface area (Å²) < 4.78 is 46.7. The van der Waals surface area contributed by atoms with Crippen LogP contribution >= 0.6 is 11.8 Å². The molecule has 0 bridgehead atoms. The van der Waals surface area contributed by atoms with Crippen molar-refractivity contribution in [3.05, 3.63) is 48.1 Å². The number of amides is 9. The third kappa shape index (κ3) is 28.4. The lowest BCUT2D eigenvalue weighted by atomic mass is 10.2. The number of nitrogens with one attached hydrogen (secondary N) is 2. The molecular weight excluding hydrogens is 1020 g/mol.